The van der Waals surface area contributed by atoms with Gasteiger partial charge >= 0.3 is 0 Å². The number of thioether (sulfide) groups is 1. The maximum absolute atomic E-state index is 12.7. The molecule has 0 fully saturated rings. The Morgan fingerprint density at radius 3 is 2.59 bits per heavy atom. The molecule has 0 aliphatic carbocycles. The van der Waals surface area contributed by atoms with Crippen LogP contribution in [0.25, 0.3) is 0 Å². The fourth-order valence-electron chi connectivity index (χ4n) is 3.04. The molecule has 2 amide bonds. The maximum Gasteiger partial charge on any atom is 0.253 e. The van der Waals surface area contributed by atoms with Gasteiger partial charge in [0.15, 0.2) is 11.0 Å². The SMILES string of the molecule is C=CCn1c(SCC(=O)Nc2ccc(OC)cc2)nnc1C(C)NC(=O)c1ccc(Cl)cc1Cl. The van der Waals surface area contributed by atoms with Gasteiger partial charge in [0.05, 0.1) is 29.5 Å². The zero-order valence-electron chi connectivity index (χ0n) is 18.5. The minimum Gasteiger partial charge on any atom is -0.497 e. The molecule has 0 saturated heterocycles. The number of hydrogen-bond donors (Lipinski definition) is 2. The molecule has 0 saturated carbocycles. The van der Waals surface area contributed by atoms with Gasteiger partial charge in [-0.15, -0.1) is 16.8 Å². The Bertz CT molecular complexity index is 1180. The van der Waals surface area contributed by atoms with E-state index in [0.29, 0.717) is 39.5 Å². The molecular weight excluding hydrogens is 497 g/mol. The second kappa shape index (κ2) is 11.9. The highest BCUT2D eigenvalue weighted by molar-refractivity contribution is 7.99. The summed E-state index contributed by atoms with van der Waals surface area (Å²) in [6, 6.07) is 11.2. The summed E-state index contributed by atoms with van der Waals surface area (Å²) < 4.78 is 6.91. The topological polar surface area (TPSA) is 98.1 Å². The molecular formula is C23H23Cl2N5O3S. The molecule has 2 N–H and O–H groups in total. The normalized spacial score (nSPS) is 11.5. The number of allylic oxidation sites excluding steroid dienone is 1. The van der Waals surface area contributed by atoms with E-state index in [2.05, 4.69) is 27.4 Å². The van der Waals surface area contributed by atoms with Gasteiger partial charge in [-0.25, -0.2) is 0 Å². The summed E-state index contributed by atoms with van der Waals surface area (Å²) >= 11 is 13.3. The number of aromatic nitrogens is 3. The van der Waals surface area contributed by atoms with Gasteiger partial charge in [-0.2, -0.15) is 0 Å². The average molecular weight is 520 g/mol. The molecule has 1 aromatic heterocycles. The number of nitrogens with zero attached hydrogens (tertiary/aromatic N) is 3. The summed E-state index contributed by atoms with van der Waals surface area (Å²) in [5, 5.41) is 15.4. The van der Waals surface area contributed by atoms with Crippen molar-refractivity contribution in [3.8, 4) is 5.75 Å². The van der Waals surface area contributed by atoms with E-state index in [-0.39, 0.29) is 22.6 Å². The highest BCUT2D eigenvalue weighted by atomic mass is 35.5. The van der Waals surface area contributed by atoms with Crippen LogP contribution in [0.1, 0.15) is 29.1 Å². The van der Waals surface area contributed by atoms with Gasteiger partial charge in [0, 0.05) is 17.3 Å². The lowest BCUT2D eigenvalue weighted by molar-refractivity contribution is -0.113. The van der Waals surface area contributed by atoms with Crippen LogP contribution >= 0.6 is 35.0 Å². The van der Waals surface area contributed by atoms with E-state index >= 15 is 0 Å². The lowest BCUT2D eigenvalue weighted by Crippen LogP contribution is -2.29. The Kier molecular flexibility index (Phi) is 8.98. The van der Waals surface area contributed by atoms with E-state index < -0.39 is 6.04 Å². The fraction of sp³-hybridized carbons (Fsp3) is 0.217. The number of rotatable bonds is 10. The third-order valence-corrected chi connectivity index (χ3v) is 6.19. The second-order valence-corrected chi connectivity index (χ2v) is 8.91. The second-order valence-electron chi connectivity index (χ2n) is 7.12. The lowest BCUT2D eigenvalue weighted by atomic mass is 10.2. The van der Waals surface area contributed by atoms with Crippen molar-refractivity contribution >= 4 is 52.5 Å². The lowest BCUT2D eigenvalue weighted by Gasteiger charge is -2.16. The van der Waals surface area contributed by atoms with Gasteiger partial charge in [-0.05, 0) is 49.4 Å². The predicted molar refractivity (Wildman–Crippen MR) is 135 cm³/mol. The van der Waals surface area contributed by atoms with Gasteiger partial charge in [-0.1, -0.05) is 41.0 Å². The standard InChI is InChI=1S/C23H23Cl2N5O3S/c1-4-11-30-21(14(2)26-22(32)18-10-5-15(24)12-19(18)25)28-29-23(30)34-13-20(31)27-16-6-8-17(33-3)9-7-16/h4-10,12,14H,1,11,13H2,2-3H3,(H,26,32)(H,27,31). The van der Waals surface area contributed by atoms with E-state index in [0.717, 1.165) is 0 Å². The summed E-state index contributed by atoms with van der Waals surface area (Å²) in [6.45, 7) is 5.98. The van der Waals surface area contributed by atoms with Crippen LogP contribution in [0.15, 0.2) is 60.3 Å². The zero-order chi connectivity index (χ0) is 24.7. The first-order valence-electron chi connectivity index (χ1n) is 10.2. The molecule has 3 rings (SSSR count). The highest BCUT2D eigenvalue weighted by Crippen LogP contribution is 2.24. The van der Waals surface area contributed by atoms with Gasteiger partial charge < -0.3 is 19.9 Å². The van der Waals surface area contributed by atoms with Crippen LogP contribution in [0.3, 0.4) is 0 Å². The molecule has 0 aliphatic rings. The van der Waals surface area contributed by atoms with Crippen LogP contribution < -0.4 is 15.4 Å². The average Bonchev–Trinajstić information content (AvgIpc) is 3.21. The van der Waals surface area contributed by atoms with Crippen LogP contribution in [0.5, 0.6) is 5.75 Å². The first kappa shape index (κ1) is 25.6. The van der Waals surface area contributed by atoms with Crippen LogP contribution in [-0.4, -0.2) is 39.4 Å². The molecule has 0 spiro atoms. The van der Waals surface area contributed by atoms with Crippen molar-refractivity contribution in [3.05, 3.63) is 76.6 Å². The summed E-state index contributed by atoms with van der Waals surface area (Å²) in [5.41, 5.74) is 0.967. The third-order valence-electron chi connectivity index (χ3n) is 4.67. The summed E-state index contributed by atoms with van der Waals surface area (Å²) in [6.07, 6.45) is 1.69. The quantitative estimate of drug-likeness (QED) is 0.288. The Labute approximate surface area is 211 Å². The third kappa shape index (κ3) is 6.53. The number of methoxy groups -OCH3 is 1. The van der Waals surface area contributed by atoms with Crippen molar-refractivity contribution in [2.75, 3.05) is 18.2 Å². The van der Waals surface area contributed by atoms with Crippen molar-refractivity contribution in [2.24, 2.45) is 0 Å². The molecule has 0 radical (unpaired) electrons. The monoisotopic (exact) mass is 519 g/mol. The van der Waals surface area contributed by atoms with Crippen molar-refractivity contribution in [2.45, 2.75) is 24.7 Å². The molecule has 1 heterocycles. The maximum atomic E-state index is 12.7. The Hall–Kier alpha value is -3.01. The zero-order valence-corrected chi connectivity index (χ0v) is 20.9. The largest absolute Gasteiger partial charge is 0.497 e. The number of anilines is 1. The highest BCUT2D eigenvalue weighted by Gasteiger charge is 2.21. The van der Waals surface area contributed by atoms with E-state index in [1.807, 2.05) is 0 Å². The molecule has 1 unspecified atom stereocenters. The molecule has 2 aromatic carbocycles. The number of carbonyl (C=O) groups is 2. The van der Waals surface area contributed by atoms with Gasteiger partial charge in [0.25, 0.3) is 5.91 Å². The van der Waals surface area contributed by atoms with Crippen molar-refractivity contribution in [1.29, 1.82) is 0 Å². The summed E-state index contributed by atoms with van der Waals surface area (Å²) in [4.78, 5) is 25.1. The van der Waals surface area contributed by atoms with E-state index in [1.54, 1.807) is 61.1 Å². The first-order chi connectivity index (χ1) is 16.3. The van der Waals surface area contributed by atoms with E-state index in [4.69, 9.17) is 27.9 Å². The van der Waals surface area contributed by atoms with Crippen LogP contribution in [0.2, 0.25) is 10.0 Å². The molecule has 8 nitrogen and oxygen atoms in total. The number of hydrogen-bond acceptors (Lipinski definition) is 6. The van der Waals surface area contributed by atoms with Crippen LogP contribution in [-0.2, 0) is 11.3 Å². The molecule has 3 aromatic rings. The van der Waals surface area contributed by atoms with Gasteiger partial charge in [0.2, 0.25) is 5.91 Å². The van der Waals surface area contributed by atoms with Crippen LogP contribution in [0, 0.1) is 0 Å². The number of carbonyl (C=O) groups excluding carboxylic acids is 2. The summed E-state index contributed by atoms with van der Waals surface area (Å²) in [7, 11) is 1.58. The van der Waals surface area contributed by atoms with Crippen molar-refractivity contribution in [3.63, 3.8) is 0 Å². The summed E-state index contributed by atoms with van der Waals surface area (Å²) in [5.74, 6) is 0.801. The van der Waals surface area contributed by atoms with Crippen LogP contribution in [0.4, 0.5) is 5.69 Å². The Balaban J connectivity index is 1.66. The Morgan fingerprint density at radius 2 is 1.94 bits per heavy atom. The number of amides is 2. The fourth-order valence-corrected chi connectivity index (χ4v) is 4.29. The molecule has 11 heteroatoms. The van der Waals surface area contributed by atoms with Gasteiger partial charge in [0.1, 0.15) is 5.75 Å². The smallest absolute Gasteiger partial charge is 0.253 e. The number of nitrogens with one attached hydrogen (secondary N) is 2. The molecule has 0 aliphatic heterocycles. The predicted octanol–water partition coefficient (Wildman–Crippen LogP) is 5.00. The number of benzene rings is 2. The molecule has 1 atom stereocenters. The minimum absolute atomic E-state index is 0.127. The first-order valence-corrected chi connectivity index (χ1v) is 11.9. The van der Waals surface area contributed by atoms with E-state index in [9.17, 15) is 9.59 Å². The number of halogens is 2. The number of ether oxygens (including phenoxy) is 1. The van der Waals surface area contributed by atoms with Gasteiger partial charge in [-0.3, -0.25) is 9.59 Å². The van der Waals surface area contributed by atoms with E-state index in [1.165, 1.54) is 17.8 Å². The molecule has 0 bridgehead atoms. The molecule has 178 valence electrons. The Morgan fingerprint density at radius 1 is 1.21 bits per heavy atom. The minimum atomic E-state index is -0.478. The molecule has 34 heavy (non-hydrogen) atoms. The van der Waals surface area contributed by atoms with Crippen molar-refractivity contribution < 1.29 is 14.3 Å². The van der Waals surface area contributed by atoms with Crippen molar-refractivity contribution in [1.82, 2.24) is 20.1 Å².